The first-order valence-corrected chi connectivity index (χ1v) is 9.85. The molecule has 0 radical (unpaired) electrons. The second-order valence-electron chi connectivity index (χ2n) is 7.86. The molecule has 29 heavy (non-hydrogen) atoms. The Balaban J connectivity index is 1.62. The second-order valence-corrected chi connectivity index (χ2v) is 7.86. The van der Waals surface area contributed by atoms with Gasteiger partial charge in [0, 0.05) is 31.4 Å². The van der Waals surface area contributed by atoms with E-state index in [1.165, 1.54) is 6.07 Å². The lowest BCUT2D eigenvalue weighted by atomic mass is 9.86. The third kappa shape index (κ3) is 4.16. The zero-order valence-corrected chi connectivity index (χ0v) is 16.2. The molecule has 2 aromatic rings. The van der Waals surface area contributed by atoms with Crippen LogP contribution in [0.3, 0.4) is 0 Å². The molecule has 0 spiro atoms. The Hall–Kier alpha value is -2.39. The number of hydrazine groups is 1. The number of fused-ring (bicyclic) bond motifs is 1. The van der Waals surface area contributed by atoms with E-state index >= 15 is 0 Å². The quantitative estimate of drug-likeness (QED) is 0.717. The minimum absolute atomic E-state index is 0.0325. The molecular weight excluding hydrogens is 381 g/mol. The summed E-state index contributed by atoms with van der Waals surface area (Å²) in [5, 5.41) is 4.85. The number of anilines is 2. The summed E-state index contributed by atoms with van der Waals surface area (Å²) in [6.07, 6.45) is 1.13. The van der Waals surface area contributed by atoms with Gasteiger partial charge in [0.1, 0.15) is 17.7 Å². The van der Waals surface area contributed by atoms with E-state index in [1.54, 1.807) is 30.4 Å². The van der Waals surface area contributed by atoms with Crippen molar-refractivity contribution in [1.82, 2.24) is 15.0 Å². The Morgan fingerprint density at radius 2 is 1.97 bits per heavy atom. The maximum atomic E-state index is 13.7. The van der Waals surface area contributed by atoms with Crippen molar-refractivity contribution in [3.63, 3.8) is 0 Å². The number of hydrogen-bond donors (Lipinski definition) is 3. The molecule has 1 saturated carbocycles. The molecule has 9 heteroatoms. The summed E-state index contributed by atoms with van der Waals surface area (Å²) in [5.41, 5.74) is 8.87. The molecule has 156 valence electrons. The predicted molar refractivity (Wildman–Crippen MR) is 105 cm³/mol. The average molecular weight is 406 g/mol. The lowest BCUT2D eigenvalue weighted by Gasteiger charge is -2.27. The highest BCUT2D eigenvalue weighted by Crippen LogP contribution is 2.42. The van der Waals surface area contributed by atoms with Gasteiger partial charge in [-0.15, -0.1) is 0 Å². The number of aromatic nitrogens is 2. The molecule has 4 rings (SSSR count). The van der Waals surface area contributed by atoms with Crippen LogP contribution in [0.1, 0.15) is 48.5 Å². The van der Waals surface area contributed by atoms with E-state index in [0.29, 0.717) is 29.7 Å². The maximum absolute atomic E-state index is 13.7. The molecule has 1 fully saturated rings. The van der Waals surface area contributed by atoms with Crippen LogP contribution in [-0.4, -0.2) is 34.6 Å². The fourth-order valence-electron chi connectivity index (χ4n) is 4.17. The molecule has 4 N–H and O–H groups in total. The van der Waals surface area contributed by atoms with E-state index in [2.05, 4.69) is 20.7 Å². The number of alkyl halides is 3. The van der Waals surface area contributed by atoms with Crippen LogP contribution in [0.15, 0.2) is 30.5 Å². The number of nitrogens with one attached hydrogen (secondary N) is 2. The van der Waals surface area contributed by atoms with Crippen molar-refractivity contribution in [2.75, 3.05) is 24.3 Å². The summed E-state index contributed by atoms with van der Waals surface area (Å²) >= 11 is 0. The summed E-state index contributed by atoms with van der Waals surface area (Å²) in [5.74, 6) is 1.46. The Labute approximate surface area is 167 Å². The highest BCUT2D eigenvalue weighted by Gasteiger charge is 2.40. The van der Waals surface area contributed by atoms with Gasteiger partial charge in [-0.25, -0.2) is 15.0 Å². The van der Waals surface area contributed by atoms with Crippen molar-refractivity contribution >= 4 is 11.6 Å². The van der Waals surface area contributed by atoms with E-state index in [9.17, 15) is 13.2 Å². The normalized spacial score (nSPS) is 24.8. The average Bonchev–Trinajstić information content (AvgIpc) is 3.02. The third-order valence-corrected chi connectivity index (χ3v) is 5.76. The summed E-state index contributed by atoms with van der Waals surface area (Å²) in [7, 11) is 1.69. The Morgan fingerprint density at radius 1 is 1.21 bits per heavy atom. The molecular formula is C20H25F3N6. The maximum Gasteiger partial charge on any atom is 0.418 e. The van der Waals surface area contributed by atoms with Crippen LogP contribution in [0, 0.1) is 5.92 Å². The van der Waals surface area contributed by atoms with Gasteiger partial charge in [-0.1, -0.05) is 6.07 Å². The smallest absolute Gasteiger partial charge is 0.370 e. The molecule has 6 nitrogen and oxygen atoms in total. The van der Waals surface area contributed by atoms with Gasteiger partial charge in [0.15, 0.2) is 0 Å². The first-order valence-electron chi connectivity index (χ1n) is 9.85. The van der Waals surface area contributed by atoms with Crippen LogP contribution in [0.25, 0.3) is 0 Å². The van der Waals surface area contributed by atoms with E-state index in [-0.39, 0.29) is 11.7 Å². The molecule has 1 atom stereocenters. The lowest BCUT2D eigenvalue weighted by Crippen LogP contribution is -2.30. The molecule has 3 heterocycles. The van der Waals surface area contributed by atoms with Crippen LogP contribution < -0.4 is 16.5 Å². The van der Waals surface area contributed by atoms with Gasteiger partial charge < -0.3 is 16.5 Å². The first kappa shape index (κ1) is 19.9. The van der Waals surface area contributed by atoms with Crippen LogP contribution in [-0.2, 0) is 6.18 Å². The van der Waals surface area contributed by atoms with Gasteiger partial charge in [-0.05, 0) is 49.8 Å². The Morgan fingerprint density at radius 3 is 2.69 bits per heavy atom. The minimum atomic E-state index is -4.49. The van der Waals surface area contributed by atoms with E-state index < -0.39 is 17.8 Å². The number of pyridine rings is 2. The first-order chi connectivity index (χ1) is 13.8. The van der Waals surface area contributed by atoms with Crippen molar-refractivity contribution in [3.8, 4) is 0 Å². The zero-order valence-electron chi connectivity index (χ0n) is 16.2. The fraction of sp³-hybridized carbons (Fsp3) is 0.500. The summed E-state index contributed by atoms with van der Waals surface area (Å²) < 4.78 is 41.2. The van der Waals surface area contributed by atoms with Crippen molar-refractivity contribution in [2.24, 2.45) is 11.7 Å². The van der Waals surface area contributed by atoms with Gasteiger partial charge in [-0.3, -0.25) is 0 Å². The highest BCUT2D eigenvalue weighted by atomic mass is 19.4. The molecule has 0 bridgehead atoms. The van der Waals surface area contributed by atoms with Gasteiger partial charge in [-0.2, -0.15) is 13.2 Å². The highest BCUT2D eigenvalue weighted by molar-refractivity contribution is 5.54. The number of nitrogens with zero attached hydrogens (tertiary/aromatic N) is 3. The SMILES string of the molecule is CN1Nc2ncccc2C1c1nc(NCC2CCC(N)CC2)ccc1C(F)(F)F. The summed E-state index contributed by atoms with van der Waals surface area (Å²) in [6, 6.07) is 5.61. The second kappa shape index (κ2) is 7.79. The monoisotopic (exact) mass is 406 g/mol. The molecule has 1 unspecified atom stereocenters. The van der Waals surface area contributed by atoms with E-state index in [4.69, 9.17) is 5.73 Å². The van der Waals surface area contributed by atoms with Crippen molar-refractivity contribution in [1.29, 1.82) is 0 Å². The van der Waals surface area contributed by atoms with Crippen LogP contribution in [0.4, 0.5) is 24.8 Å². The third-order valence-electron chi connectivity index (χ3n) is 5.76. The minimum Gasteiger partial charge on any atom is -0.370 e. The van der Waals surface area contributed by atoms with Crippen LogP contribution in [0.2, 0.25) is 0 Å². The number of nitrogens with two attached hydrogens (primary N) is 1. The topological polar surface area (TPSA) is 79.1 Å². The van der Waals surface area contributed by atoms with Crippen molar-refractivity contribution < 1.29 is 13.2 Å². The molecule has 1 aliphatic carbocycles. The number of rotatable bonds is 4. The predicted octanol–water partition coefficient (Wildman–Crippen LogP) is 3.79. The Kier molecular flexibility index (Phi) is 5.35. The molecule has 0 aromatic carbocycles. The van der Waals surface area contributed by atoms with Gasteiger partial charge >= 0.3 is 6.18 Å². The standard InChI is InChI=1S/C20H25F3N6/c1-29-18(14-3-2-10-25-19(14)28-29)17-15(20(21,22)23)8-9-16(27-17)26-11-12-4-6-13(24)7-5-12/h2-3,8-10,12-13,18H,4-7,11,24H2,1H3,(H,25,28)(H,26,27). The number of hydrogen-bond acceptors (Lipinski definition) is 6. The summed E-state index contributed by atoms with van der Waals surface area (Å²) in [6.45, 7) is 0.682. The van der Waals surface area contributed by atoms with Crippen LogP contribution in [0.5, 0.6) is 0 Å². The molecule has 0 amide bonds. The van der Waals surface area contributed by atoms with Gasteiger partial charge in [0.25, 0.3) is 0 Å². The summed E-state index contributed by atoms with van der Waals surface area (Å²) in [4.78, 5) is 8.62. The lowest BCUT2D eigenvalue weighted by molar-refractivity contribution is -0.138. The fourth-order valence-corrected chi connectivity index (χ4v) is 4.17. The molecule has 0 saturated heterocycles. The van der Waals surface area contributed by atoms with E-state index in [1.807, 2.05) is 0 Å². The number of halogens is 3. The van der Waals surface area contributed by atoms with Crippen molar-refractivity contribution in [2.45, 2.75) is 43.9 Å². The van der Waals surface area contributed by atoms with E-state index in [0.717, 1.165) is 31.7 Å². The molecule has 1 aliphatic heterocycles. The molecule has 2 aliphatic rings. The van der Waals surface area contributed by atoms with Crippen LogP contribution >= 0.6 is 0 Å². The Bertz CT molecular complexity index is 864. The zero-order chi connectivity index (χ0) is 20.6. The van der Waals surface area contributed by atoms with Gasteiger partial charge in [0.2, 0.25) is 0 Å². The van der Waals surface area contributed by atoms with Gasteiger partial charge in [0.05, 0.1) is 11.3 Å². The molecule has 2 aromatic heterocycles. The largest absolute Gasteiger partial charge is 0.418 e. The van der Waals surface area contributed by atoms with Crippen molar-refractivity contribution in [3.05, 3.63) is 47.3 Å².